The Morgan fingerprint density at radius 1 is 1.04 bits per heavy atom. The standard InChI is InChI=1S/C17H14F3N5O/c18-17(19,20)15-9-14(10-1-3-11(21)4-2-10)25(24-15)13-7-5-12(6-8-13)23-16(22)26/h1-9H,21H2,(H3,22,23,26). The van der Waals surface area contributed by atoms with Crippen molar-refractivity contribution in [1.29, 1.82) is 0 Å². The second kappa shape index (κ2) is 6.43. The predicted octanol–water partition coefficient (Wildman–Crippen LogP) is 3.63. The number of alkyl halides is 3. The minimum atomic E-state index is -4.58. The normalized spacial score (nSPS) is 11.3. The molecule has 5 N–H and O–H groups in total. The highest BCUT2D eigenvalue weighted by molar-refractivity contribution is 5.87. The third-order valence-electron chi connectivity index (χ3n) is 3.59. The highest BCUT2D eigenvalue weighted by Gasteiger charge is 2.35. The van der Waals surface area contributed by atoms with Crippen LogP contribution in [0.15, 0.2) is 54.6 Å². The van der Waals surface area contributed by atoms with Gasteiger partial charge in [0.2, 0.25) is 0 Å². The zero-order valence-corrected chi connectivity index (χ0v) is 13.3. The summed E-state index contributed by atoms with van der Waals surface area (Å²) in [6.07, 6.45) is -4.58. The number of carbonyl (C=O) groups excluding carboxylic acids is 1. The van der Waals surface area contributed by atoms with E-state index in [-0.39, 0.29) is 5.69 Å². The molecule has 6 nitrogen and oxygen atoms in total. The van der Waals surface area contributed by atoms with Gasteiger partial charge in [-0.15, -0.1) is 0 Å². The van der Waals surface area contributed by atoms with E-state index in [1.165, 1.54) is 28.9 Å². The summed E-state index contributed by atoms with van der Waals surface area (Å²) in [5.74, 6) is 0. The number of urea groups is 1. The fourth-order valence-electron chi connectivity index (χ4n) is 2.40. The molecule has 2 amide bonds. The minimum Gasteiger partial charge on any atom is -0.399 e. The predicted molar refractivity (Wildman–Crippen MR) is 91.6 cm³/mol. The zero-order valence-electron chi connectivity index (χ0n) is 13.3. The van der Waals surface area contributed by atoms with Gasteiger partial charge in [-0.05, 0) is 42.5 Å². The molecule has 0 atom stereocenters. The van der Waals surface area contributed by atoms with Crippen molar-refractivity contribution in [2.75, 3.05) is 11.1 Å². The number of anilines is 2. The summed E-state index contributed by atoms with van der Waals surface area (Å²) in [6, 6.07) is 12.7. The Kier molecular flexibility index (Phi) is 4.29. The molecule has 1 aromatic heterocycles. The molecule has 0 aliphatic rings. The van der Waals surface area contributed by atoms with E-state index in [1.54, 1.807) is 24.3 Å². The maximum Gasteiger partial charge on any atom is 0.435 e. The molecule has 0 saturated carbocycles. The lowest BCUT2D eigenvalue weighted by Crippen LogP contribution is -2.19. The summed E-state index contributed by atoms with van der Waals surface area (Å²) in [5.41, 5.74) is 11.8. The number of primary amides is 1. The number of nitrogen functional groups attached to an aromatic ring is 1. The summed E-state index contributed by atoms with van der Waals surface area (Å²) >= 11 is 0. The number of benzene rings is 2. The van der Waals surface area contributed by atoms with Crippen LogP contribution in [0.4, 0.5) is 29.3 Å². The maximum atomic E-state index is 13.1. The Bertz CT molecular complexity index is 931. The lowest BCUT2D eigenvalue weighted by atomic mass is 10.1. The summed E-state index contributed by atoms with van der Waals surface area (Å²) in [6.45, 7) is 0. The van der Waals surface area contributed by atoms with Crippen molar-refractivity contribution in [3.05, 3.63) is 60.3 Å². The van der Waals surface area contributed by atoms with Crippen molar-refractivity contribution in [1.82, 2.24) is 9.78 Å². The number of carbonyl (C=O) groups is 1. The first-order valence-corrected chi connectivity index (χ1v) is 7.44. The van der Waals surface area contributed by atoms with E-state index in [0.29, 0.717) is 22.6 Å². The van der Waals surface area contributed by atoms with Gasteiger partial charge < -0.3 is 16.8 Å². The topological polar surface area (TPSA) is 99.0 Å². The fourth-order valence-corrected chi connectivity index (χ4v) is 2.40. The number of hydrogen-bond donors (Lipinski definition) is 3. The lowest BCUT2D eigenvalue weighted by molar-refractivity contribution is -0.141. The third kappa shape index (κ3) is 3.61. The summed E-state index contributed by atoms with van der Waals surface area (Å²) in [4.78, 5) is 10.9. The van der Waals surface area contributed by atoms with Crippen LogP contribution >= 0.6 is 0 Å². The molecule has 2 aromatic carbocycles. The lowest BCUT2D eigenvalue weighted by Gasteiger charge is -2.09. The smallest absolute Gasteiger partial charge is 0.399 e. The quantitative estimate of drug-likeness (QED) is 0.621. The Balaban J connectivity index is 2.08. The Morgan fingerprint density at radius 3 is 2.19 bits per heavy atom. The third-order valence-corrected chi connectivity index (χ3v) is 3.59. The van der Waals surface area contributed by atoms with E-state index < -0.39 is 17.9 Å². The van der Waals surface area contributed by atoms with Gasteiger partial charge >= 0.3 is 12.2 Å². The highest BCUT2D eigenvalue weighted by atomic mass is 19.4. The van der Waals surface area contributed by atoms with Crippen LogP contribution < -0.4 is 16.8 Å². The first-order chi connectivity index (χ1) is 12.2. The van der Waals surface area contributed by atoms with Crippen molar-refractivity contribution >= 4 is 17.4 Å². The summed E-state index contributed by atoms with van der Waals surface area (Å²) in [7, 11) is 0. The van der Waals surface area contributed by atoms with Crippen LogP contribution in [0.25, 0.3) is 16.9 Å². The number of aromatic nitrogens is 2. The molecule has 0 fully saturated rings. The number of rotatable bonds is 3. The Labute approximate surface area is 146 Å². The van der Waals surface area contributed by atoms with Crippen LogP contribution in [-0.2, 0) is 6.18 Å². The highest BCUT2D eigenvalue weighted by Crippen LogP contribution is 2.33. The molecule has 0 saturated heterocycles. The van der Waals surface area contributed by atoms with Gasteiger partial charge in [-0.2, -0.15) is 18.3 Å². The van der Waals surface area contributed by atoms with Crippen molar-refractivity contribution < 1.29 is 18.0 Å². The van der Waals surface area contributed by atoms with Crippen molar-refractivity contribution in [3.8, 4) is 16.9 Å². The minimum absolute atomic E-state index is 0.257. The van der Waals surface area contributed by atoms with E-state index >= 15 is 0 Å². The molecule has 0 radical (unpaired) electrons. The molecule has 0 bridgehead atoms. The van der Waals surface area contributed by atoms with Crippen molar-refractivity contribution in [2.24, 2.45) is 5.73 Å². The number of hydrogen-bond acceptors (Lipinski definition) is 3. The van der Waals surface area contributed by atoms with Crippen LogP contribution in [0.5, 0.6) is 0 Å². The molecular formula is C17H14F3N5O. The fraction of sp³-hybridized carbons (Fsp3) is 0.0588. The largest absolute Gasteiger partial charge is 0.435 e. The Morgan fingerprint density at radius 2 is 1.65 bits per heavy atom. The van der Waals surface area contributed by atoms with Crippen LogP contribution in [0.3, 0.4) is 0 Å². The Hall–Kier alpha value is -3.49. The molecule has 0 aliphatic heterocycles. The van der Waals surface area contributed by atoms with E-state index in [4.69, 9.17) is 11.5 Å². The average molecular weight is 361 g/mol. The number of nitrogens with one attached hydrogen (secondary N) is 1. The van der Waals surface area contributed by atoms with Crippen LogP contribution in [0.2, 0.25) is 0 Å². The molecule has 1 heterocycles. The zero-order chi connectivity index (χ0) is 18.9. The van der Waals surface area contributed by atoms with Gasteiger partial charge in [-0.3, -0.25) is 0 Å². The second-order valence-electron chi connectivity index (χ2n) is 5.48. The summed E-state index contributed by atoms with van der Waals surface area (Å²) < 4.78 is 40.6. The molecule has 3 rings (SSSR count). The SMILES string of the molecule is NC(=O)Nc1ccc(-n2nc(C(F)(F)F)cc2-c2ccc(N)cc2)cc1. The molecule has 26 heavy (non-hydrogen) atoms. The molecule has 0 unspecified atom stereocenters. The van der Waals surface area contributed by atoms with E-state index in [0.717, 1.165) is 6.07 Å². The first kappa shape index (κ1) is 17.3. The monoisotopic (exact) mass is 361 g/mol. The number of halogens is 3. The van der Waals surface area contributed by atoms with Gasteiger partial charge in [-0.1, -0.05) is 12.1 Å². The number of amides is 2. The van der Waals surface area contributed by atoms with Crippen molar-refractivity contribution in [2.45, 2.75) is 6.18 Å². The van der Waals surface area contributed by atoms with Gasteiger partial charge in [0.05, 0.1) is 11.4 Å². The van der Waals surface area contributed by atoms with Crippen LogP contribution in [0.1, 0.15) is 5.69 Å². The molecule has 134 valence electrons. The maximum absolute atomic E-state index is 13.1. The van der Waals surface area contributed by atoms with Gasteiger partial charge in [0.15, 0.2) is 5.69 Å². The van der Waals surface area contributed by atoms with Crippen LogP contribution in [-0.4, -0.2) is 15.8 Å². The molecule has 3 aromatic rings. The number of nitrogens with two attached hydrogens (primary N) is 2. The van der Waals surface area contributed by atoms with Gasteiger partial charge in [-0.25, -0.2) is 9.48 Å². The number of nitrogens with zero attached hydrogens (tertiary/aromatic N) is 2. The molecule has 0 spiro atoms. The first-order valence-electron chi connectivity index (χ1n) is 7.44. The second-order valence-corrected chi connectivity index (χ2v) is 5.48. The van der Waals surface area contributed by atoms with E-state index in [2.05, 4.69) is 10.4 Å². The van der Waals surface area contributed by atoms with Gasteiger partial charge in [0.1, 0.15) is 0 Å². The molecular weight excluding hydrogens is 347 g/mol. The molecule has 0 aliphatic carbocycles. The van der Waals surface area contributed by atoms with Gasteiger partial charge in [0.25, 0.3) is 0 Å². The van der Waals surface area contributed by atoms with Crippen molar-refractivity contribution in [3.63, 3.8) is 0 Å². The summed E-state index contributed by atoms with van der Waals surface area (Å²) in [5, 5.41) is 6.07. The van der Waals surface area contributed by atoms with E-state index in [1.807, 2.05) is 0 Å². The van der Waals surface area contributed by atoms with E-state index in [9.17, 15) is 18.0 Å². The molecule has 9 heteroatoms. The van der Waals surface area contributed by atoms with Crippen LogP contribution in [0, 0.1) is 0 Å². The average Bonchev–Trinajstić information content (AvgIpc) is 3.01. The van der Waals surface area contributed by atoms with Gasteiger partial charge in [0, 0.05) is 16.9 Å².